The molecule has 0 aromatic heterocycles. The number of allylic oxidation sites excluding steroid dienone is 2. The molecule has 2 heteroatoms. The molecule has 2 nitrogen and oxygen atoms in total. The normalized spacial score (nSPS) is 22.8. The molecule has 1 unspecified atom stereocenters. The molecule has 1 rings (SSSR count). The Labute approximate surface area is 92.7 Å². The minimum Gasteiger partial charge on any atom is -0.379 e. The van der Waals surface area contributed by atoms with E-state index < -0.39 is 0 Å². The van der Waals surface area contributed by atoms with E-state index in [0.717, 1.165) is 25.7 Å². The van der Waals surface area contributed by atoms with E-state index >= 15 is 0 Å². The minimum atomic E-state index is -0.0574. The highest BCUT2D eigenvalue weighted by atomic mass is 16.5. The van der Waals surface area contributed by atoms with Crippen molar-refractivity contribution in [2.24, 2.45) is 5.92 Å². The summed E-state index contributed by atoms with van der Waals surface area (Å²) in [6, 6.07) is 0. The van der Waals surface area contributed by atoms with Gasteiger partial charge in [-0.3, -0.25) is 4.79 Å². The monoisotopic (exact) mass is 210 g/mol. The Morgan fingerprint density at radius 2 is 2.13 bits per heavy atom. The van der Waals surface area contributed by atoms with Crippen molar-refractivity contribution in [1.82, 2.24) is 0 Å². The third-order valence-corrected chi connectivity index (χ3v) is 3.22. The van der Waals surface area contributed by atoms with Crippen LogP contribution in [-0.4, -0.2) is 18.5 Å². The molecule has 0 bridgehead atoms. The molecule has 0 heterocycles. The molecular weight excluding hydrogens is 188 g/mol. The summed E-state index contributed by atoms with van der Waals surface area (Å²) >= 11 is 0. The second kappa shape index (κ2) is 4.93. The van der Waals surface area contributed by atoms with Crippen LogP contribution in [0.5, 0.6) is 0 Å². The third kappa shape index (κ3) is 4.17. The van der Waals surface area contributed by atoms with Crippen molar-refractivity contribution < 1.29 is 9.53 Å². The zero-order valence-corrected chi connectivity index (χ0v) is 10.3. The van der Waals surface area contributed by atoms with Gasteiger partial charge in [0.1, 0.15) is 0 Å². The molecule has 1 aliphatic rings. The van der Waals surface area contributed by atoms with E-state index in [1.807, 2.05) is 6.92 Å². The average molecular weight is 210 g/mol. The van der Waals surface area contributed by atoms with Gasteiger partial charge < -0.3 is 4.74 Å². The molecule has 0 saturated heterocycles. The van der Waals surface area contributed by atoms with Crippen LogP contribution in [0.15, 0.2) is 11.6 Å². The SMILES string of the molecule is COC(C)(C)CCC1CC(=O)C=C(C)C1. The number of rotatable bonds is 4. The predicted molar refractivity (Wildman–Crippen MR) is 61.8 cm³/mol. The van der Waals surface area contributed by atoms with E-state index in [4.69, 9.17) is 4.74 Å². The van der Waals surface area contributed by atoms with Gasteiger partial charge in [-0.05, 0) is 52.0 Å². The number of ketones is 1. The van der Waals surface area contributed by atoms with E-state index in [9.17, 15) is 4.79 Å². The van der Waals surface area contributed by atoms with Gasteiger partial charge in [-0.2, -0.15) is 0 Å². The Balaban J connectivity index is 2.41. The second-order valence-electron chi connectivity index (χ2n) is 5.23. The van der Waals surface area contributed by atoms with Gasteiger partial charge in [0, 0.05) is 13.5 Å². The van der Waals surface area contributed by atoms with Crippen molar-refractivity contribution in [3.8, 4) is 0 Å². The van der Waals surface area contributed by atoms with Gasteiger partial charge in [-0.25, -0.2) is 0 Å². The van der Waals surface area contributed by atoms with Crippen LogP contribution in [0.3, 0.4) is 0 Å². The lowest BCUT2D eigenvalue weighted by Gasteiger charge is -2.27. The molecule has 1 aliphatic carbocycles. The maximum atomic E-state index is 11.4. The Hall–Kier alpha value is -0.630. The molecule has 0 aromatic carbocycles. The van der Waals surface area contributed by atoms with Crippen LogP contribution in [0, 0.1) is 5.92 Å². The minimum absolute atomic E-state index is 0.0574. The van der Waals surface area contributed by atoms with Crippen molar-refractivity contribution in [1.29, 1.82) is 0 Å². The van der Waals surface area contributed by atoms with Gasteiger partial charge >= 0.3 is 0 Å². The molecule has 0 fully saturated rings. The van der Waals surface area contributed by atoms with Gasteiger partial charge in [-0.15, -0.1) is 0 Å². The quantitative estimate of drug-likeness (QED) is 0.712. The Morgan fingerprint density at radius 3 is 2.67 bits per heavy atom. The van der Waals surface area contributed by atoms with E-state index in [2.05, 4.69) is 13.8 Å². The first kappa shape index (κ1) is 12.4. The van der Waals surface area contributed by atoms with Crippen molar-refractivity contribution in [3.63, 3.8) is 0 Å². The molecule has 0 amide bonds. The largest absolute Gasteiger partial charge is 0.379 e. The van der Waals surface area contributed by atoms with Crippen molar-refractivity contribution in [3.05, 3.63) is 11.6 Å². The number of carbonyl (C=O) groups is 1. The summed E-state index contributed by atoms with van der Waals surface area (Å²) in [4.78, 5) is 11.4. The lowest BCUT2D eigenvalue weighted by atomic mass is 9.83. The molecule has 0 saturated carbocycles. The van der Waals surface area contributed by atoms with Crippen LogP contribution in [0.1, 0.15) is 46.5 Å². The smallest absolute Gasteiger partial charge is 0.155 e. The molecule has 1 atom stereocenters. The number of hydrogen-bond acceptors (Lipinski definition) is 2. The van der Waals surface area contributed by atoms with Crippen molar-refractivity contribution in [2.45, 2.75) is 52.1 Å². The molecule has 15 heavy (non-hydrogen) atoms. The van der Waals surface area contributed by atoms with Crippen LogP contribution >= 0.6 is 0 Å². The third-order valence-electron chi connectivity index (χ3n) is 3.22. The molecule has 0 N–H and O–H groups in total. The first-order chi connectivity index (χ1) is 6.93. The highest BCUT2D eigenvalue weighted by Gasteiger charge is 2.23. The highest BCUT2D eigenvalue weighted by Crippen LogP contribution is 2.28. The highest BCUT2D eigenvalue weighted by molar-refractivity contribution is 5.91. The van der Waals surface area contributed by atoms with Crippen LogP contribution < -0.4 is 0 Å². The van der Waals surface area contributed by atoms with Gasteiger partial charge in [0.15, 0.2) is 5.78 Å². The summed E-state index contributed by atoms with van der Waals surface area (Å²) in [7, 11) is 1.75. The first-order valence-corrected chi connectivity index (χ1v) is 5.68. The second-order valence-corrected chi connectivity index (χ2v) is 5.23. The van der Waals surface area contributed by atoms with Gasteiger partial charge in [0.2, 0.25) is 0 Å². The summed E-state index contributed by atoms with van der Waals surface area (Å²) in [5.41, 5.74) is 1.17. The van der Waals surface area contributed by atoms with E-state index in [0.29, 0.717) is 11.7 Å². The fraction of sp³-hybridized carbons (Fsp3) is 0.769. The summed E-state index contributed by atoms with van der Waals surface area (Å²) in [5.74, 6) is 0.816. The topological polar surface area (TPSA) is 26.3 Å². The van der Waals surface area contributed by atoms with Crippen molar-refractivity contribution in [2.75, 3.05) is 7.11 Å². The molecular formula is C13H22O2. The maximum Gasteiger partial charge on any atom is 0.155 e. The molecule has 86 valence electrons. The van der Waals surface area contributed by atoms with Crippen LogP contribution in [-0.2, 0) is 9.53 Å². The number of methoxy groups -OCH3 is 1. The lowest BCUT2D eigenvalue weighted by Crippen LogP contribution is -2.24. The van der Waals surface area contributed by atoms with Crippen LogP contribution in [0.4, 0.5) is 0 Å². The lowest BCUT2D eigenvalue weighted by molar-refractivity contribution is -0.116. The van der Waals surface area contributed by atoms with E-state index in [1.165, 1.54) is 5.57 Å². The van der Waals surface area contributed by atoms with Gasteiger partial charge in [-0.1, -0.05) is 5.57 Å². The van der Waals surface area contributed by atoms with Crippen molar-refractivity contribution >= 4 is 5.78 Å². The zero-order valence-electron chi connectivity index (χ0n) is 10.3. The Kier molecular flexibility index (Phi) is 4.09. The standard InChI is InChI=1S/C13H22O2/c1-10-7-11(9-12(14)8-10)5-6-13(2,3)15-4/h8,11H,5-7,9H2,1-4H3. The van der Waals surface area contributed by atoms with E-state index in [-0.39, 0.29) is 5.60 Å². The number of ether oxygens (including phenoxy) is 1. The van der Waals surface area contributed by atoms with E-state index in [1.54, 1.807) is 13.2 Å². The maximum absolute atomic E-state index is 11.4. The summed E-state index contributed by atoms with van der Waals surface area (Å²) < 4.78 is 5.38. The molecule has 0 aliphatic heterocycles. The fourth-order valence-corrected chi connectivity index (χ4v) is 2.06. The fourth-order valence-electron chi connectivity index (χ4n) is 2.06. The average Bonchev–Trinajstić information content (AvgIpc) is 2.14. The Morgan fingerprint density at radius 1 is 1.47 bits per heavy atom. The zero-order chi connectivity index (χ0) is 11.5. The van der Waals surface area contributed by atoms with Gasteiger partial charge in [0.05, 0.1) is 5.60 Å². The summed E-state index contributed by atoms with van der Waals surface area (Å²) in [5, 5.41) is 0. The first-order valence-electron chi connectivity index (χ1n) is 5.68. The van der Waals surface area contributed by atoms with Crippen LogP contribution in [0.2, 0.25) is 0 Å². The number of carbonyl (C=O) groups excluding carboxylic acids is 1. The molecule has 0 aromatic rings. The van der Waals surface area contributed by atoms with Crippen LogP contribution in [0.25, 0.3) is 0 Å². The van der Waals surface area contributed by atoms with Gasteiger partial charge in [0.25, 0.3) is 0 Å². The molecule has 0 radical (unpaired) electrons. The predicted octanol–water partition coefficient (Wildman–Crippen LogP) is 3.12. The summed E-state index contributed by atoms with van der Waals surface area (Å²) in [6.07, 6.45) is 5.69. The Bertz CT molecular complexity index is 264. The molecule has 0 spiro atoms. The summed E-state index contributed by atoms with van der Waals surface area (Å²) in [6.45, 7) is 6.24. The number of hydrogen-bond donors (Lipinski definition) is 0.